The average molecular weight is 174 g/mol. The minimum atomic E-state index is -0.948. The highest BCUT2D eigenvalue weighted by atomic mass is 16.6. The van der Waals surface area contributed by atoms with E-state index in [1.54, 1.807) is 0 Å². The van der Waals surface area contributed by atoms with Crippen LogP contribution in [-0.4, -0.2) is 36.5 Å². The van der Waals surface area contributed by atoms with Crippen molar-refractivity contribution in [2.75, 3.05) is 7.11 Å². The Kier molecular flexibility index (Phi) is 3.05. The fraction of sp³-hybridized carbons (Fsp3) is 0.875. The van der Waals surface area contributed by atoms with Gasteiger partial charge in [0.15, 0.2) is 6.10 Å². The van der Waals surface area contributed by atoms with E-state index < -0.39 is 12.1 Å². The highest BCUT2D eigenvalue weighted by molar-refractivity contribution is 5.73. The van der Waals surface area contributed by atoms with E-state index >= 15 is 0 Å². The van der Waals surface area contributed by atoms with E-state index in [0.29, 0.717) is 0 Å². The first kappa shape index (κ1) is 9.48. The monoisotopic (exact) mass is 174 g/mol. The van der Waals surface area contributed by atoms with E-state index in [2.05, 4.69) is 0 Å². The maximum absolute atomic E-state index is 10.6. The molecule has 0 bridgehead atoms. The zero-order valence-corrected chi connectivity index (χ0v) is 7.32. The first-order valence-corrected chi connectivity index (χ1v) is 4.06. The van der Waals surface area contributed by atoms with E-state index in [-0.39, 0.29) is 12.2 Å². The molecule has 1 aliphatic rings. The van der Waals surface area contributed by atoms with Crippen LogP contribution >= 0.6 is 0 Å². The molecule has 70 valence electrons. The van der Waals surface area contributed by atoms with Crippen LogP contribution in [0, 0.1) is 0 Å². The van der Waals surface area contributed by atoms with Gasteiger partial charge in [-0.05, 0) is 19.8 Å². The zero-order chi connectivity index (χ0) is 9.14. The lowest BCUT2D eigenvalue weighted by Gasteiger charge is -2.17. The Bertz CT molecular complexity index is 168. The van der Waals surface area contributed by atoms with Crippen molar-refractivity contribution in [2.45, 2.75) is 38.1 Å². The summed E-state index contributed by atoms with van der Waals surface area (Å²) in [6.07, 6.45) is 0.758. The smallest absolute Gasteiger partial charge is 0.335 e. The fourth-order valence-electron chi connectivity index (χ4n) is 1.47. The van der Waals surface area contributed by atoms with Gasteiger partial charge in [-0.1, -0.05) is 0 Å². The van der Waals surface area contributed by atoms with Crippen LogP contribution in [0.2, 0.25) is 0 Å². The van der Waals surface area contributed by atoms with Crippen molar-refractivity contribution in [2.24, 2.45) is 0 Å². The first-order chi connectivity index (χ1) is 5.65. The van der Waals surface area contributed by atoms with Gasteiger partial charge < -0.3 is 14.6 Å². The summed E-state index contributed by atoms with van der Waals surface area (Å²) < 4.78 is 10.2. The lowest BCUT2D eigenvalue weighted by Crippen LogP contribution is -2.35. The summed E-state index contributed by atoms with van der Waals surface area (Å²) in [5.74, 6) is -0.948. The lowest BCUT2D eigenvalue weighted by atomic mass is 10.1. The van der Waals surface area contributed by atoms with Crippen molar-refractivity contribution in [1.29, 1.82) is 0 Å². The van der Waals surface area contributed by atoms with E-state index in [1.165, 1.54) is 7.11 Å². The van der Waals surface area contributed by atoms with Crippen molar-refractivity contribution >= 4 is 5.97 Å². The number of carboxylic acids is 1. The molecule has 3 atom stereocenters. The summed E-state index contributed by atoms with van der Waals surface area (Å²) in [4.78, 5) is 10.6. The van der Waals surface area contributed by atoms with Crippen LogP contribution in [0.5, 0.6) is 0 Å². The second kappa shape index (κ2) is 3.87. The summed E-state index contributed by atoms with van der Waals surface area (Å²) in [5, 5.41) is 8.71. The molecule has 0 aromatic carbocycles. The largest absolute Gasteiger partial charge is 0.479 e. The zero-order valence-electron chi connectivity index (χ0n) is 7.32. The number of methoxy groups -OCH3 is 1. The topological polar surface area (TPSA) is 55.8 Å². The molecule has 4 nitrogen and oxygen atoms in total. The molecule has 1 rings (SSSR count). The Morgan fingerprint density at radius 2 is 2.33 bits per heavy atom. The molecule has 1 fully saturated rings. The van der Waals surface area contributed by atoms with Crippen molar-refractivity contribution in [1.82, 2.24) is 0 Å². The highest BCUT2D eigenvalue weighted by Crippen LogP contribution is 2.22. The average Bonchev–Trinajstić information content (AvgIpc) is 2.37. The Hall–Kier alpha value is -0.610. The summed E-state index contributed by atoms with van der Waals surface area (Å²) in [5.41, 5.74) is 0. The van der Waals surface area contributed by atoms with Crippen LogP contribution in [0.15, 0.2) is 0 Å². The molecule has 1 saturated heterocycles. The Morgan fingerprint density at radius 3 is 2.67 bits per heavy atom. The number of hydrogen-bond donors (Lipinski definition) is 1. The van der Waals surface area contributed by atoms with Crippen LogP contribution in [-0.2, 0) is 14.3 Å². The minimum absolute atomic E-state index is 0.159. The van der Waals surface area contributed by atoms with Crippen LogP contribution in [0.4, 0.5) is 0 Å². The molecule has 1 aliphatic heterocycles. The molecule has 0 aromatic rings. The summed E-state index contributed by atoms with van der Waals surface area (Å²) in [7, 11) is 1.39. The fourth-order valence-corrected chi connectivity index (χ4v) is 1.47. The van der Waals surface area contributed by atoms with Gasteiger partial charge in [0.2, 0.25) is 0 Å². The van der Waals surface area contributed by atoms with E-state index in [9.17, 15) is 4.79 Å². The standard InChI is InChI=1S/C8H14O4/c1-5-3-4-6(12-5)7(11-2)8(9)10/h5-7H,3-4H2,1-2H3,(H,9,10). The molecule has 1 N–H and O–H groups in total. The quantitative estimate of drug-likeness (QED) is 0.682. The van der Waals surface area contributed by atoms with Crippen LogP contribution < -0.4 is 0 Å². The summed E-state index contributed by atoms with van der Waals surface area (Å²) in [6.45, 7) is 1.94. The second-order valence-corrected chi connectivity index (χ2v) is 3.06. The number of hydrogen-bond acceptors (Lipinski definition) is 3. The van der Waals surface area contributed by atoms with Crippen molar-refractivity contribution in [3.63, 3.8) is 0 Å². The first-order valence-electron chi connectivity index (χ1n) is 4.06. The molecule has 3 unspecified atom stereocenters. The normalized spacial score (nSPS) is 31.8. The summed E-state index contributed by atoms with van der Waals surface area (Å²) >= 11 is 0. The Morgan fingerprint density at radius 1 is 1.67 bits per heavy atom. The van der Waals surface area contributed by atoms with Crippen LogP contribution in [0.1, 0.15) is 19.8 Å². The molecule has 0 spiro atoms. The van der Waals surface area contributed by atoms with Gasteiger partial charge in [0.25, 0.3) is 0 Å². The van der Waals surface area contributed by atoms with Crippen molar-refractivity contribution < 1.29 is 19.4 Å². The highest BCUT2D eigenvalue weighted by Gasteiger charge is 2.34. The molecule has 4 heteroatoms. The number of carbonyl (C=O) groups is 1. The van der Waals surface area contributed by atoms with Gasteiger partial charge in [-0.15, -0.1) is 0 Å². The van der Waals surface area contributed by atoms with Gasteiger partial charge in [0.1, 0.15) is 0 Å². The van der Waals surface area contributed by atoms with Gasteiger partial charge in [-0.3, -0.25) is 0 Å². The third-order valence-corrected chi connectivity index (χ3v) is 2.10. The van der Waals surface area contributed by atoms with E-state index in [4.69, 9.17) is 14.6 Å². The molecule has 1 heterocycles. The molecule has 0 radical (unpaired) electrons. The molecular formula is C8H14O4. The van der Waals surface area contributed by atoms with E-state index in [1.807, 2.05) is 6.92 Å². The van der Waals surface area contributed by atoms with Crippen molar-refractivity contribution in [3.05, 3.63) is 0 Å². The number of carboxylic acid groups (broad SMARTS) is 1. The van der Waals surface area contributed by atoms with Gasteiger partial charge >= 0.3 is 5.97 Å². The minimum Gasteiger partial charge on any atom is -0.479 e. The summed E-state index contributed by atoms with van der Waals surface area (Å²) in [6, 6.07) is 0. The van der Waals surface area contributed by atoms with Crippen LogP contribution in [0.25, 0.3) is 0 Å². The Labute approximate surface area is 71.5 Å². The van der Waals surface area contributed by atoms with Gasteiger partial charge in [0, 0.05) is 7.11 Å². The van der Waals surface area contributed by atoms with Crippen LogP contribution in [0.3, 0.4) is 0 Å². The van der Waals surface area contributed by atoms with E-state index in [0.717, 1.165) is 12.8 Å². The number of rotatable bonds is 3. The maximum Gasteiger partial charge on any atom is 0.335 e. The second-order valence-electron chi connectivity index (χ2n) is 3.06. The molecule has 0 amide bonds. The molecule has 0 saturated carbocycles. The SMILES string of the molecule is COC(C(=O)O)C1CCC(C)O1. The Balaban J connectivity index is 2.49. The third kappa shape index (κ3) is 1.95. The number of aliphatic carboxylic acids is 1. The van der Waals surface area contributed by atoms with Gasteiger partial charge in [-0.2, -0.15) is 0 Å². The molecule has 0 aliphatic carbocycles. The van der Waals surface area contributed by atoms with Gasteiger partial charge in [0.05, 0.1) is 12.2 Å². The third-order valence-electron chi connectivity index (χ3n) is 2.10. The lowest BCUT2D eigenvalue weighted by molar-refractivity contribution is -0.157. The molecule has 12 heavy (non-hydrogen) atoms. The molecule has 0 aromatic heterocycles. The predicted molar refractivity (Wildman–Crippen MR) is 42.0 cm³/mol. The van der Waals surface area contributed by atoms with Crippen molar-refractivity contribution in [3.8, 4) is 0 Å². The predicted octanol–water partition coefficient (Wildman–Crippen LogP) is 0.653. The number of ether oxygens (including phenoxy) is 2. The van der Waals surface area contributed by atoms with Gasteiger partial charge in [-0.25, -0.2) is 4.79 Å². The maximum atomic E-state index is 10.6. The molecular weight excluding hydrogens is 160 g/mol.